The summed E-state index contributed by atoms with van der Waals surface area (Å²) in [5, 5.41) is 2.94. The molecule has 1 aliphatic rings. The topological polar surface area (TPSA) is 29.1 Å². The Bertz CT molecular complexity index is 269. The van der Waals surface area contributed by atoms with E-state index in [1.807, 2.05) is 22.6 Å². The summed E-state index contributed by atoms with van der Waals surface area (Å²) < 4.78 is 1.55. The standard InChI is InChI=1S/C9H17NO.C6H12.CHIS/c1-3-5-7-8(6-4-2)10-9(7)11;1-3-5-6-4-2;2-1-3/h7-8H,3-6H2,1-2H3,(H,10,11);3,5H,4,6H2,1-2H3;1H/b;5-3+;. The van der Waals surface area contributed by atoms with Crippen molar-refractivity contribution in [2.75, 3.05) is 0 Å². The molecule has 0 bridgehead atoms. The molecule has 1 heterocycles. The largest absolute Gasteiger partial charge is 0.352 e. The van der Waals surface area contributed by atoms with E-state index in [2.05, 4.69) is 57.4 Å². The zero-order valence-corrected chi connectivity index (χ0v) is 16.3. The summed E-state index contributed by atoms with van der Waals surface area (Å²) in [5.74, 6) is 0.602. The van der Waals surface area contributed by atoms with Crippen molar-refractivity contribution in [3.63, 3.8) is 0 Å². The molecule has 1 aliphatic heterocycles. The highest BCUT2D eigenvalue weighted by molar-refractivity contribution is 14.1. The van der Waals surface area contributed by atoms with Crippen LogP contribution in [0.4, 0.5) is 0 Å². The number of rotatable bonds is 6. The third-order valence-electron chi connectivity index (χ3n) is 3.04. The monoisotopic (exact) mass is 411 g/mol. The van der Waals surface area contributed by atoms with E-state index in [-0.39, 0.29) is 5.91 Å². The maximum atomic E-state index is 11.0. The van der Waals surface area contributed by atoms with Gasteiger partial charge in [-0.3, -0.25) is 4.79 Å². The molecule has 1 N–H and O–H groups in total. The number of halogens is 1. The number of allylic oxidation sites excluding steroid dienone is 2. The van der Waals surface area contributed by atoms with Gasteiger partial charge in [0.05, 0.1) is 5.92 Å². The molecule has 1 fully saturated rings. The molecular weight excluding hydrogens is 381 g/mol. The van der Waals surface area contributed by atoms with Gasteiger partial charge in [0.15, 0.2) is 0 Å². The van der Waals surface area contributed by atoms with Crippen molar-refractivity contribution in [2.24, 2.45) is 5.92 Å². The lowest BCUT2D eigenvalue weighted by Gasteiger charge is -2.36. The lowest BCUT2D eigenvalue weighted by Crippen LogP contribution is -2.57. The first kappa shape index (κ1) is 22.3. The van der Waals surface area contributed by atoms with Crippen molar-refractivity contribution in [3.8, 4) is 0 Å². The quantitative estimate of drug-likeness (QED) is 0.207. The Morgan fingerprint density at radius 2 is 1.75 bits per heavy atom. The molecule has 0 aromatic carbocycles. The van der Waals surface area contributed by atoms with Gasteiger partial charge in [-0.25, -0.2) is 0 Å². The Morgan fingerprint density at radius 3 is 2.05 bits per heavy atom. The molecule has 0 saturated carbocycles. The van der Waals surface area contributed by atoms with Crippen LogP contribution in [0.1, 0.15) is 66.2 Å². The van der Waals surface area contributed by atoms with E-state index >= 15 is 0 Å². The molecule has 0 radical (unpaired) electrons. The van der Waals surface area contributed by atoms with E-state index in [1.165, 1.54) is 19.3 Å². The first-order chi connectivity index (χ1) is 9.62. The molecule has 0 aliphatic carbocycles. The molecule has 2 atom stereocenters. The highest BCUT2D eigenvalue weighted by Crippen LogP contribution is 2.23. The second kappa shape index (κ2) is 17.1. The minimum absolute atomic E-state index is 0.269. The van der Waals surface area contributed by atoms with Crippen LogP contribution in [0.3, 0.4) is 0 Å². The van der Waals surface area contributed by atoms with Gasteiger partial charge in [-0.15, -0.1) is 0 Å². The molecule has 2 nitrogen and oxygen atoms in total. The van der Waals surface area contributed by atoms with Crippen molar-refractivity contribution in [1.82, 2.24) is 5.32 Å². The molecule has 118 valence electrons. The van der Waals surface area contributed by atoms with Crippen molar-refractivity contribution in [3.05, 3.63) is 12.2 Å². The SMILES string of the molecule is C/C=C/CCC.CCCC1NC(=O)C1CCC.S=CI. The van der Waals surface area contributed by atoms with Crippen LogP contribution in [0.15, 0.2) is 12.2 Å². The average Bonchev–Trinajstić information content (AvgIpc) is 2.44. The van der Waals surface area contributed by atoms with Crippen LogP contribution in [0.2, 0.25) is 0 Å². The van der Waals surface area contributed by atoms with Gasteiger partial charge < -0.3 is 5.32 Å². The number of β-lactam (4-membered cyclic amide) rings is 1. The van der Waals surface area contributed by atoms with E-state index in [4.69, 9.17) is 0 Å². The lowest BCUT2D eigenvalue weighted by molar-refractivity contribution is -0.135. The van der Waals surface area contributed by atoms with Crippen molar-refractivity contribution in [2.45, 2.75) is 72.3 Å². The summed E-state index contributed by atoms with van der Waals surface area (Å²) in [5.41, 5.74) is 0. The second-order valence-corrected chi connectivity index (χ2v) is 6.45. The van der Waals surface area contributed by atoms with Gasteiger partial charge in [0.25, 0.3) is 0 Å². The number of hydrogen-bond acceptors (Lipinski definition) is 2. The highest BCUT2D eigenvalue weighted by Gasteiger charge is 2.36. The van der Waals surface area contributed by atoms with E-state index in [0.29, 0.717) is 12.0 Å². The van der Waals surface area contributed by atoms with Gasteiger partial charge in [0.1, 0.15) is 0 Å². The lowest BCUT2D eigenvalue weighted by atomic mass is 9.84. The van der Waals surface area contributed by atoms with E-state index in [0.717, 1.165) is 19.3 Å². The van der Waals surface area contributed by atoms with Crippen LogP contribution < -0.4 is 5.32 Å². The first-order valence-electron chi connectivity index (χ1n) is 7.58. The highest BCUT2D eigenvalue weighted by atomic mass is 127. The van der Waals surface area contributed by atoms with Crippen molar-refractivity contribution >= 4 is 44.1 Å². The number of carbonyl (C=O) groups is 1. The zero-order chi connectivity index (χ0) is 15.8. The minimum atomic E-state index is 0.269. The molecule has 0 aromatic rings. The second-order valence-electron chi connectivity index (χ2n) is 4.75. The molecule has 1 saturated heterocycles. The van der Waals surface area contributed by atoms with Crippen LogP contribution in [0.5, 0.6) is 0 Å². The summed E-state index contributed by atoms with van der Waals surface area (Å²) in [4.78, 5) is 11.0. The summed E-state index contributed by atoms with van der Waals surface area (Å²) in [6, 6.07) is 0.493. The average molecular weight is 411 g/mol. The first-order valence-corrected chi connectivity index (χ1v) is 9.29. The van der Waals surface area contributed by atoms with Gasteiger partial charge in [0.2, 0.25) is 5.91 Å². The molecule has 0 aromatic heterocycles. The smallest absolute Gasteiger partial charge is 0.225 e. The predicted octanol–water partition coefficient (Wildman–Crippen LogP) is 5.44. The minimum Gasteiger partial charge on any atom is -0.352 e. The molecule has 1 amide bonds. The summed E-state index contributed by atoms with van der Waals surface area (Å²) in [7, 11) is 0. The van der Waals surface area contributed by atoms with Gasteiger partial charge in [-0.2, -0.15) is 0 Å². The fourth-order valence-corrected chi connectivity index (χ4v) is 2.04. The Kier molecular flexibility index (Phi) is 19.1. The maximum Gasteiger partial charge on any atom is 0.225 e. The van der Waals surface area contributed by atoms with Gasteiger partial charge in [-0.05, 0) is 48.8 Å². The van der Waals surface area contributed by atoms with Crippen LogP contribution >= 0.6 is 34.8 Å². The van der Waals surface area contributed by atoms with Crippen molar-refractivity contribution < 1.29 is 4.79 Å². The van der Waals surface area contributed by atoms with E-state index in [9.17, 15) is 4.79 Å². The number of thiocarbonyl (C=S) groups is 1. The Labute approximate surface area is 144 Å². The molecule has 20 heavy (non-hydrogen) atoms. The number of carbonyl (C=O) groups excluding carboxylic acids is 1. The summed E-state index contributed by atoms with van der Waals surface area (Å²) in [6.07, 6.45) is 11.3. The molecule has 1 rings (SSSR count). The summed E-state index contributed by atoms with van der Waals surface area (Å²) in [6.45, 7) is 8.53. The fourth-order valence-electron chi connectivity index (χ4n) is 2.04. The van der Waals surface area contributed by atoms with Crippen LogP contribution in [-0.4, -0.2) is 15.3 Å². The Balaban J connectivity index is 0. The normalized spacial score (nSPS) is 19.9. The van der Waals surface area contributed by atoms with Gasteiger partial charge in [-0.1, -0.05) is 64.4 Å². The van der Waals surface area contributed by atoms with Gasteiger partial charge >= 0.3 is 0 Å². The van der Waals surface area contributed by atoms with Gasteiger partial charge in [0, 0.05) is 9.42 Å². The zero-order valence-electron chi connectivity index (χ0n) is 13.3. The van der Waals surface area contributed by atoms with Crippen LogP contribution in [0.25, 0.3) is 0 Å². The number of amides is 1. The number of nitrogens with one attached hydrogen (secondary N) is 1. The predicted molar refractivity (Wildman–Crippen MR) is 103 cm³/mol. The number of unbranched alkanes of at least 4 members (excludes halogenated alkanes) is 1. The molecule has 4 heteroatoms. The van der Waals surface area contributed by atoms with Crippen molar-refractivity contribution in [1.29, 1.82) is 0 Å². The summed E-state index contributed by atoms with van der Waals surface area (Å²) >= 11 is 6.23. The van der Waals surface area contributed by atoms with E-state index < -0.39 is 0 Å². The molecule has 2 unspecified atom stereocenters. The van der Waals surface area contributed by atoms with Crippen LogP contribution in [0, 0.1) is 5.92 Å². The van der Waals surface area contributed by atoms with E-state index in [1.54, 1.807) is 3.37 Å². The van der Waals surface area contributed by atoms with Crippen LogP contribution in [-0.2, 0) is 4.79 Å². The molecule has 0 spiro atoms. The molecular formula is C16H30INOS. The number of hydrogen-bond donors (Lipinski definition) is 1. The third-order valence-corrected chi connectivity index (χ3v) is 3.04. The Hall–Kier alpha value is 0.0300. The maximum absolute atomic E-state index is 11.0. The Morgan fingerprint density at radius 1 is 1.20 bits per heavy atom. The third kappa shape index (κ3) is 11.8. The fraction of sp³-hybridized carbons (Fsp3) is 0.750.